The Morgan fingerprint density at radius 3 is 2.50 bits per heavy atom. The molecule has 4 N–H and O–H groups in total. The Morgan fingerprint density at radius 1 is 1.04 bits per heavy atom. The molecular weight excluding hydrogens is 352 g/mol. The summed E-state index contributed by atoms with van der Waals surface area (Å²) in [5.41, 5.74) is 11.2. The fourth-order valence-electron chi connectivity index (χ4n) is 3.39. The molecule has 0 saturated heterocycles. The van der Waals surface area contributed by atoms with Crippen LogP contribution in [0.5, 0.6) is 0 Å². The third kappa shape index (κ3) is 3.73. The Bertz CT molecular complexity index is 1000. The molecule has 142 valence electrons. The summed E-state index contributed by atoms with van der Waals surface area (Å²) in [6.45, 7) is 3.12. The van der Waals surface area contributed by atoms with Crippen molar-refractivity contribution in [3.05, 3.63) is 66.0 Å². The van der Waals surface area contributed by atoms with Crippen LogP contribution in [0.15, 0.2) is 54.9 Å². The van der Waals surface area contributed by atoms with Gasteiger partial charge in [-0.3, -0.25) is 4.79 Å². The number of nitrogens with two attached hydrogens (primary N) is 1. The van der Waals surface area contributed by atoms with Gasteiger partial charge in [-0.1, -0.05) is 24.3 Å². The molecule has 1 aliphatic heterocycles. The van der Waals surface area contributed by atoms with E-state index in [0.29, 0.717) is 11.5 Å². The predicted octanol–water partition coefficient (Wildman–Crippen LogP) is 3.32. The Kier molecular flexibility index (Phi) is 4.80. The van der Waals surface area contributed by atoms with E-state index in [-0.39, 0.29) is 5.91 Å². The van der Waals surface area contributed by atoms with E-state index in [1.807, 2.05) is 24.3 Å². The average molecular weight is 374 g/mol. The minimum atomic E-state index is -0.103. The number of anilines is 5. The normalized spacial score (nSPS) is 13.0. The zero-order chi connectivity index (χ0) is 19.5. The van der Waals surface area contributed by atoms with Gasteiger partial charge in [0.15, 0.2) is 11.6 Å². The van der Waals surface area contributed by atoms with E-state index < -0.39 is 0 Å². The molecule has 28 heavy (non-hydrogen) atoms. The second-order valence-corrected chi connectivity index (χ2v) is 6.78. The van der Waals surface area contributed by atoms with E-state index in [4.69, 9.17) is 5.73 Å². The molecule has 0 atom stereocenters. The van der Waals surface area contributed by atoms with Gasteiger partial charge in [0.1, 0.15) is 12.0 Å². The molecule has 0 radical (unpaired) electrons. The molecule has 0 unspecified atom stereocenters. The number of nitrogen functional groups attached to an aromatic ring is 1. The second-order valence-electron chi connectivity index (χ2n) is 6.78. The minimum absolute atomic E-state index is 0.103. The third-order valence-electron chi connectivity index (χ3n) is 4.76. The largest absolute Gasteiger partial charge is 0.393 e. The van der Waals surface area contributed by atoms with Crippen LogP contribution in [-0.2, 0) is 17.8 Å². The minimum Gasteiger partial charge on any atom is -0.393 e. The van der Waals surface area contributed by atoms with Crippen LogP contribution in [0.25, 0.3) is 0 Å². The summed E-state index contributed by atoms with van der Waals surface area (Å²) in [7, 11) is 0. The van der Waals surface area contributed by atoms with Crippen molar-refractivity contribution >= 4 is 34.6 Å². The Labute approximate surface area is 163 Å². The highest BCUT2D eigenvalue weighted by molar-refractivity contribution is 5.89. The van der Waals surface area contributed by atoms with Crippen molar-refractivity contribution in [3.63, 3.8) is 0 Å². The van der Waals surface area contributed by atoms with Gasteiger partial charge in [-0.25, -0.2) is 9.97 Å². The molecule has 2 aromatic carbocycles. The van der Waals surface area contributed by atoms with Gasteiger partial charge in [-0.05, 0) is 41.8 Å². The van der Waals surface area contributed by atoms with E-state index >= 15 is 0 Å². The lowest BCUT2D eigenvalue weighted by molar-refractivity contribution is -0.114. The number of nitrogens with one attached hydrogen (secondary N) is 2. The maximum Gasteiger partial charge on any atom is 0.221 e. The third-order valence-corrected chi connectivity index (χ3v) is 4.76. The van der Waals surface area contributed by atoms with Crippen LogP contribution in [0.2, 0.25) is 0 Å². The van der Waals surface area contributed by atoms with E-state index in [1.165, 1.54) is 24.4 Å². The highest BCUT2D eigenvalue weighted by Crippen LogP contribution is 2.31. The molecular formula is C21H22N6O. The number of rotatable bonds is 4. The van der Waals surface area contributed by atoms with Crippen molar-refractivity contribution in [3.8, 4) is 0 Å². The van der Waals surface area contributed by atoms with Crippen LogP contribution in [0.1, 0.15) is 18.1 Å². The predicted molar refractivity (Wildman–Crippen MR) is 112 cm³/mol. The fourth-order valence-corrected chi connectivity index (χ4v) is 3.39. The molecule has 0 fully saturated rings. The molecule has 7 nitrogen and oxygen atoms in total. The van der Waals surface area contributed by atoms with E-state index in [0.717, 1.165) is 36.7 Å². The molecule has 4 rings (SSSR count). The van der Waals surface area contributed by atoms with Crippen molar-refractivity contribution < 1.29 is 4.79 Å². The number of carbonyl (C=O) groups is 1. The van der Waals surface area contributed by atoms with Crippen molar-refractivity contribution in [2.75, 3.05) is 27.8 Å². The van der Waals surface area contributed by atoms with E-state index in [1.54, 1.807) is 0 Å². The van der Waals surface area contributed by atoms with Gasteiger partial charge in [-0.15, -0.1) is 0 Å². The summed E-state index contributed by atoms with van der Waals surface area (Å²) in [5, 5.41) is 5.98. The quantitative estimate of drug-likeness (QED) is 0.648. The Balaban J connectivity index is 1.53. The van der Waals surface area contributed by atoms with E-state index in [2.05, 4.69) is 49.8 Å². The summed E-state index contributed by atoms with van der Waals surface area (Å²) >= 11 is 0. The highest BCUT2D eigenvalue weighted by atomic mass is 16.1. The van der Waals surface area contributed by atoms with Crippen LogP contribution in [0.3, 0.4) is 0 Å². The lowest BCUT2D eigenvalue weighted by Gasteiger charge is -2.30. The first-order chi connectivity index (χ1) is 13.6. The fraction of sp³-hybridized carbons (Fsp3) is 0.190. The van der Waals surface area contributed by atoms with Gasteiger partial charge >= 0.3 is 0 Å². The van der Waals surface area contributed by atoms with Crippen molar-refractivity contribution in [2.24, 2.45) is 0 Å². The maximum atomic E-state index is 11.1. The molecule has 3 aromatic rings. The number of fused-ring (bicyclic) bond motifs is 1. The van der Waals surface area contributed by atoms with Crippen LogP contribution >= 0.6 is 0 Å². The van der Waals surface area contributed by atoms with Crippen molar-refractivity contribution in [1.82, 2.24) is 9.97 Å². The highest BCUT2D eigenvalue weighted by Gasteiger charge is 2.20. The summed E-state index contributed by atoms with van der Waals surface area (Å²) in [6.07, 6.45) is 2.49. The molecule has 7 heteroatoms. The van der Waals surface area contributed by atoms with Crippen LogP contribution in [-0.4, -0.2) is 22.4 Å². The second kappa shape index (κ2) is 7.56. The summed E-state index contributed by atoms with van der Waals surface area (Å²) < 4.78 is 0. The zero-order valence-corrected chi connectivity index (χ0v) is 15.6. The molecule has 0 spiro atoms. The monoisotopic (exact) mass is 374 g/mol. The number of hydrogen-bond acceptors (Lipinski definition) is 6. The van der Waals surface area contributed by atoms with Crippen molar-refractivity contribution in [2.45, 2.75) is 19.9 Å². The molecule has 1 amide bonds. The molecule has 1 aliphatic rings. The summed E-state index contributed by atoms with van der Waals surface area (Å²) in [5.74, 6) is 1.20. The van der Waals surface area contributed by atoms with Gasteiger partial charge in [0.05, 0.1) is 0 Å². The summed E-state index contributed by atoms with van der Waals surface area (Å²) in [6, 6.07) is 15.8. The number of aromatic nitrogens is 2. The number of carbonyl (C=O) groups excluding carboxylic acids is 1. The lowest BCUT2D eigenvalue weighted by Crippen LogP contribution is -2.31. The number of nitrogens with zero attached hydrogens (tertiary/aromatic N) is 3. The Hall–Kier alpha value is -3.61. The zero-order valence-electron chi connectivity index (χ0n) is 15.6. The SMILES string of the molecule is CC(=O)Nc1ccc(Nc2ncnc(N3CCc4ccccc4C3)c2N)cc1. The molecule has 0 bridgehead atoms. The van der Waals surface area contributed by atoms with Gasteiger partial charge in [-0.2, -0.15) is 0 Å². The van der Waals surface area contributed by atoms with Crippen LogP contribution < -0.4 is 21.3 Å². The van der Waals surface area contributed by atoms with Gasteiger partial charge in [0, 0.05) is 31.4 Å². The van der Waals surface area contributed by atoms with Gasteiger partial charge < -0.3 is 21.3 Å². The molecule has 0 saturated carbocycles. The maximum absolute atomic E-state index is 11.1. The Morgan fingerprint density at radius 2 is 1.75 bits per heavy atom. The van der Waals surface area contributed by atoms with Crippen LogP contribution in [0, 0.1) is 0 Å². The number of hydrogen-bond donors (Lipinski definition) is 3. The number of benzene rings is 2. The number of amides is 1. The van der Waals surface area contributed by atoms with Gasteiger partial charge in [0.25, 0.3) is 0 Å². The smallest absolute Gasteiger partial charge is 0.221 e. The first kappa shape index (κ1) is 17.8. The molecule has 1 aromatic heterocycles. The van der Waals surface area contributed by atoms with Crippen LogP contribution in [0.4, 0.5) is 28.7 Å². The van der Waals surface area contributed by atoms with E-state index in [9.17, 15) is 4.79 Å². The summed E-state index contributed by atoms with van der Waals surface area (Å²) in [4.78, 5) is 22.0. The van der Waals surface area contributed by atoms with Gasteiger partial charge in [0.2, 0.25) is 5.91 Å². The topological polar surface area (TPSA) is 96.2 Å². The molecule has 2 heterocycles. The molecule has 0 aliphatic carbocycles. The lowest BCUT2D eigenvalue weighted by atomic mass is 10.00. The average Bonchev–Trinajstić information content (AvgIpc) is 2.70. The standard InChI is InChI=1S/C21H22N6O/c1-14(28)25-17-6-8-18(9-7-17)26-20-19(22)21(24-13-23-20)27-11-10-15-4-2-3-5-16(15)12-27/h2-9,13H,10-12,22H2,1H3,(H,25,28)(H,23,24,26). The first-order valence-corrected chi connectivity index (χ1v) is 9.17. The first-order valence-electron chi connectivity index (χ1n) is 9.17. The van der Waals surface area contributed by atoms with Crippen molar-refractivity contribution in [1.29, 1.82) is 0 Å².